The maximum atomic E-state index is 11.6. The van der Waals surface area contributed by atoms with Crippen molar-refractivity contribution in [2.45, 2.75) is 38.7 Å². The summed E-state index contributed by atoms with van der Waals surface area (Å²) in [5.74, 6) is -4.00. The van der Waals surface area contributed by atoms with Gasteiger partial charge in [-0.05, 0) is 32.6 Å². The van der Waals surface area contributed by atoms with Gasteiger partial charge in [0.05, 0.1) is 17.9 Å². The summed E-state index contributed by atoms with van der Waals surface area (Å²) in [4.78, 5) is 35.5. The molecule has 0 aliphatic heterocycles. The van der Waals surface area contributed by atoms with Crippen LogP contribution in [0.15, 0.2) is 12.2 Å². The first-order chi connectivity index (χ1) is 10.7. The summed E-state index contributed by atoms with van der Waals surface area (Å²) in [6.45, 7) is 6.18. The fraction of sp³-hybridized carbons (Fsp3) is 0.688. The van der Waals surface area contributed by atoms with Gasteiger partial charge in [-0.15, -0.1) is 0 Å². The van der Waals surface area contributed by atoms with Gasteiger partial charge in [-0.25, -0.2) is 0 Å². The number of nitrogens with zero attached hydrogens (tertiary/aromatic N) is 1. The Morgan fingerprint density at radius 2 is 1.78 bits per heavy atom. The van der Waals surface area contributed by atoms with Crippen molar-refractivity contribution in [3.05, 3.63) is 12.2 Å². The molecule has 1 saturated carbocycles. The Kier molecular flexibility index (Phi) is 7.22. The molecule has 7 nitrogen and oxygen atoms in total. The van der Waals surface area contributed by atoms with Gasteiger partial charge in [0, 0.05) is 25.8 Å². The molecule has 0 spiro atoms. The summed E-state index contributed by atoms with van der Waals surface area (Å²) in [5.41, 5.74) is 0.477. The molecule has 0 aromatic rings. The highest BCUT2D eigenvalue weighted by Gasteiger charge is 2.39. The first-order valence-corrected chi connectivity index (χ1v) is 7.72. The summed E-state index contributed by atoms with van der Waals surface area (Å²) < 4.78 is 5.67. The number of carbonyl (C=O) groups is 3. The molecule has 130 valence electrons. The zero-order valence-electron chi connectivity index (χ0n) is 13.7. The summed E-state index contributed by atoms with van der Waals surface area (Å²) in [7, 11) is 1.69. The van der Waals surface area contributed by atoms with Crippen molar-refractivity contribution in [2.75, 3.05) is 20.2 Å². The van der Waals surface area contributed by atoms with Gasteiger partial charge in [0.25, 0.3) is 0 Å². The molecular weight excluding hydrogens is 302 g/mol. The van der Waals surface area contributed by atoms with Crippen molar-refractivity contribution in [3.63, 3.8) is 0 Å². The SMILES string of the molecule is C=C(C)C(=O)N(C)CCCOC1CCC(C(=O)O)C(C(=O)O)C1. The van der Waals surface area contributed by atoms with Crippen LogP contribution in [0.5, 0.6) is 0 Å². The highest BCUT2D eigenvalue weighted by molar-refractivity contribution is 5.91. The third kappa shape index (κ3) is 5.67. The maximum absolute atomic E-state index is 11.6. The van der Waals surface area contributed by atoms with Gasteiger partial charge in [-0.2, -0.15) is 0 Å². The van der Waals surface area contributed by atoms with Gasteiger partial charge in [0.2, 0.25) is 5.91 Å². The van der Waals surface area contributed by atoms with E-state index in [9.17, 15) is 14.4 Å². The summed E-state index contributed by atoms with van der Waals surface area (Å²) in [5, 5.41) is 18.2. The number of rotatable bonds is 8. The van der Waals surface area contributed by atoms with Gasteiger partial charge in [-0.1, -0.05) is 6.58 Å². The van der Waals surface area contributed by atoms with E-state index in [1.807, 2.05) is 0 Å². The van der Waals surface area contributed by atoms with Crippen LogP contribution in [0.3, 0.4) is 0 Å². The predicted molar refractivity (Wildman–Crippen MR) is 82.9 cm³/mol. The molecule has 0 heterocycles. The highest BCUT2D eigenvalue weighted by atomic mass is 16.5. The van der Waals surface area contributed by atoms with Crippen molar-refractivity contribution < 1.29 is 29.3 Å². The molecule has 0 saturated heterocycles. The van der Waals surface area contributed by atoms with Crippen LogP contribution >= 0.6 is 0 Å². The van der Waals surface area contributed by atoms with Crippen molar-refractivity contribution >= 4 is 17.8 Å². The molecule has 0 bridgehead atoms. The number of likely N-dealkylation sites (N-methyl/N-ethyl adjacent to an activating group) is 1. The number of carboxylic acid groups (broad SMARTS) is 2. The van der Waals surface area contributed by atoms with Gasteiger partial charge in [-0.3, -0.25) is 14.4 Å². The molecule has 3 atom stereocenters. The number of carbonyl (C=O) groups excluding carboxylic acids is 1. The summed E-state index contributed by atoms with van der Waals surface area (Å²) in [6.07, 6.45) is 1.46. The van der Waals surface area contributed by atoms with Gasteiger partial charge in [0.1, 0.15) is 0 Å². The zero-order valence-corrected chi connectivity index (χ0v) is 13.7. The summed E-state index contributed by atoms with van der Waals surface area (Å²) in [6, 6.07) is 0. The van der Waals surface area contributed by atoms with Gasteiger partial charge >= 0.3 is 11.9 Å². The minimum Gasteiger partial charge on any atom is -0.481 e. The number of hydrogen-bond donors (Lipinski definition) is 2. The van der Waals surface area contributed by atoms with E-state index < -0.39 is 23.8 Å². The number of hydrogen-bond acceptors (Lipinski definition) is 4. The van der Waals surface area contributed by atoms with E-state index in [0.717, 1.165) is 0 Å². The fourth-order valence-corrected chi connectivity index (χ4v) is 2.83. The van der Waals surface area contributed by atoms with Crippen LogP contribution in [-0.2, 0) is 19.1 Å². The maximum Gasteiger partial charge on any atom is 0.307 e. The smallest absolute Gasteiger partial charge is 0.307 e. The Morgan fingerprint density at radius 1 is 1.17 bits per heavy atom. The molecule has 1 rings (SSSR count). The first-order valence-electron chi connectivity index (χ1n) is 7.72. The van der Waals surface area contributed by atoms with Crippen molar-refractivity contribution in [3.8, 4) is 0 Å². The normalized spacial score (nSPS) is 24.0. The average molecular weight is 327 g/mol. The fourth-order valence-electron chi connectivity index (χ4n) is 2.83. The van der Waals surface area contributed by atoms with Gasteiger partial charge < -0.3 is 19.8 Å². The zero-order chi connectivity index (χ0) is 17.6. The lowest BCUT2D eigenvalue weighted by atomic mass is 9.78. The van der Waals surface area contributed by atoms with Crippen LogP contribution in [0.25, 0.3) is 0 Å². The molecular formula is C16H25NO6. The molecule has 1 aliphatic carbocycles. The minimum atomic E-state index is -1.09. The summed E-state index contributed by atoms with van der Waals surface area (Å²) >= 11 is 0. The van der Waals surface area contributed by atoms with E-state index in [1.165, 1.54) is 0 Å². The molecule has 23 heavy (non-hydrogen) atoms. The minimum absolute atomic E-state index is 0.113. The average Bonchev–Trinajstić information content (AvgIpc) is 2.49. The first kappa shape index (κ1) is 19.2. The molecule has 1 amide bonds. The largest absolute Gasteiger partial charge is 0.481 e. The van der Waals surface area contributed by atoms with Crippen LogP contribution in [0.1, 0.15) is 32.6 Å². The highest BCUT2D eigenvalue weighted by Crippen LogP contribution is 2.32. The lowest BCUT2D eigenvalue weighted by molar-refractivity contribution is -0.158. The van der Waals surface area contributed by atoms with Crippen molar-refractivity contribution in [1.29, 1.82) is 0 Å². The molecule has 1 fully saturated rings. The number of aliphatic carboxylic acids is 2. The molecule has 2 N–H and O–H groups in total. The van der Waals surface area contributed by atoms with E-state index in [2.05, 4.69) is 6.58 Å². The van der Waals surface area contributed by atoms with Crippen LogP contribution in [-0.4, -0.2) is 59.3 Å². The van der Waals surface area contributed by atoms with Crippen molar-refractivity contribution in [1.82, 2.24) is 4.90 Å². The number of ether oxygens (including phenoxy) is 1. The second-order valence-electron chi connectivity index (χ2n) is 6.06. The Balaban J connectivity index is 2.36. The van der Waals surface area contributed by atoms with Crippen LogP contribution in [0, 0.1) is 11.8 Å². The van der Waals surface area contributed by atoms with E-state index in [0.29, 0.717) is 38.0 Å². The van der Waals surface area contributed by atoms with Crippen LogP contribution in [0.4, 0.5) is 0 Å². The van der Waals surface area contributed by atoms with Gasteiger partial charge in [0.15, 0.2) is 0 Å². The molecule has 0 aromatic heterocycles. The lowest BCUT2D eigenvalue weighted by Crippen LogP contribution is -2.38. The third-order valence-corrected chi connectivity index (χ3v) is 4.14. The Bertz CT molecular complexity index is 475. The van der Waals surface area contributed by atoms with E-state index in [1.54, 1.807) is 18.9 Å². The topological polar surface area (TPSA) is 104 Å². The third-order valence-electron chi connectivity index (χ3n) is 4.14. The van der Waals surface area contributed by atoms with E-state index >= 15 is 0 Å². The molecule has 0 aromatic carbocycles. The van der Waals surface area contributed by atoms with Crippen molar-refractivity contribution in [2.24, 2.45) is 11.8 Å². The Labute approximate surface area is 135 Å². The number of amides is 1. The monoisotopic (exact) mass is 327 g/mol. The molecule has 1 aliphatic rings. The second-order valence-corrected chi connectivity index (χ2v) is 6.06. The molecule has 3 unspecified atom stereocenters. The molecule has 7 heteroatoms. The Morgan fingerprint density at radius 3 is 2.30 bits per heavy atom. The quantitative estimate of drug-likeness (QED) is 0.515. The number of carboxylic acids is 2. The lowest BCUT2D eigenvalue weighted by Gasteiger charge is -2.31. The Hall–Kier alpha value is -1.89. The van der Waals surface area contributed by atoms with Crippen LogP contribution < -0.4 is 0 Å². The van der Waals surface area contributed by atoms with E-state index in [4.69, 9.17) is 14.9 Å². The predicted octanol–water partition coefficient (Wildman–Crippen LogP) is 1.38. The molecule has 0 radical (unpaired) electrons. The van der Waals surface area contributed by atoms with E-state index in [-0.39, 0.29) is 18.4 Å². The van der Waals surface area contributed by atoms with Crippen LogP contribution in [0.2, 0.25) is 0 Å². The second kappa shape index (κ2) is 8.67. The standard InChI is InChI=1S/C16H25NO6/c1-10(2)14(18)17(3)7-4-8-23-11-5-6-12(15(19)20)13(9-11)16(21)22/h11-13H,1,4-9H2,2-3H3,(H,19,20)(H,21,22).